The van der Waals surface area contributed by atoms with Crippen LogP contribution >= 0.6 is 11.6 Å². The number of rotatable bonds is 2. The summed E-state index contributed by atoms with van der Waals surface area (Å²) in [6.45, 7) is 3.21. The molecule has 0 atom stereocenters. The number of amides is 2. The van der Waals surface area contributed by atoms with Crippen LogP contribution in [0.4, 0.5) is 5.69 Å². The van der Waals surface area contributed by atoms with Crippen molar-refractivity contribution in [2.45, 2.75) is 13.8 Å². The molecule has 0 aliphatic rings. The second-order valence-corrected chi connectivity index (χ2v) is 6.04. The van der Waals surface area contributed by atoms with Crippen LogP contribution in [0.2, 0.25) is 5.02 Å². The molecule has 0 saturated carbocycles. The Kier molecular flexibility index (Phi) is 4.67. The van der Waals surface area contributed by atoms with Gasteiger partial charge in [-0.3, -0.25) is 14.9 Å². The van der Waals surface area contributed by atoms with Crippen molar-refractivity contribution >= 4 is 40.1 Å². The van der Waals surface area contributed by atoms with Crippen molar-refractivity contribution in [3.63, 3.8) is 0 Å². The summed E-state index contributed by atoms with van der Waals surface area (Å²) in [5.74, 6) is -1.04. The summed E-state index contributed by atoms with van der Waals surface area (Å²) in [5, 5.41) is 3.41. The Morgan fingerprint density at radius 2 is 1.92 bits per heavy atom. The van der Waals surface area contributed by atoms with Gasteiger partial charge >= 0.3 is 0 Å². The average Bonchev–Trinajstić information content (AvgIpc) is 2.54. The lowest BCUT2D eigenvalue weighted by Crippen LogP contribution is -2.32. The molecule has 1 aromatic heterocycles. The Labute approximate surface area is 149 Å². The molecule has 6 heteroatoms. The highest BCUT2D eigenvalue weighted by Crippen LogP contribution is 2.20. The van der Waals surface area contributed by atoms with Crippen molar-refractivity contribution in [3.05, 3.63) is 70.2 Å². The molecular weight excluding hydrogens is 340 g/mol. The Balaban J connectivity index is 2.25. The van der Waals surface area contributed by atoms with Gasteiger partial charge in [0.05, 0.1) is 5.69 Å². The Bertz CT molecular complexity index is 1050. The average molecular weight is 355 g/mol. The van der Waals surface area contributed by atoms with E-state index in [1.54, 1.807) is 30.3 Å². The fourth-order valence-corrected chi connectivity index (χ4v) is 2.57. The van der Waals surface area contributed by atoms with E-state index in [-0.39, 0.29) is 11.1 Å². The van der Waals surface area contributed by atoms with E-state index in [2.05, 4.69) is 10.3 Å². The van der Waals surface area contributed by atoms with Crippen LogP contribution in [0.3, 0.4) is 0 Å². The number of hydrogen-bond acceptors (Lipinski definition) is 4. The molecule has 5 nitrogen and oxygen atoms in total. The first kappa shape index (κ1) is 16.9. The maximum Gasteiger partial charge on any atom is 0.263 e. The van der Waals surface area contributed by atoms with Gasteiger partial charge in [-0.1, -0.05) is 23.7 Å². The van der Waals surface area contributed by atoms with Crippen molar-refractivity contribution in [1.29, 1.82) is 0 Å². The molecule has 3 aromatic rings. The lowest BCUT2D eigenvalue weighted by Gasteiger charge is -2.05. The largest absolute Gasteiger partial charge is 0.438 e. The molecule has 1 N–H and O–H groups in total. The number of nitrogens with zero attached hydrogens (tertiary/aromatic N) is 1. The van der Waals surface area contributed by atoms with Gasteiger partial charge in [0.2, 0.25) is 11.5 Å². The first-order valence-corrected chi connectivity index (χ1v) is 7.97. The Hall–Kier alpha value is -2.92. The van der Waals surface area contributed by atoms with E-state index >= 15 is 0 Å². The van der Waals surface area contributed by atoms with Crippen LogP contribution in [0.25, 0.3) is 11.0 Å². The molecule has 0 aliphatic carbocycles. The topological polar surface area (TPSA) is 71.7 Å². The number of carbonyl (C=O) groups excluding carboxylic acids is 2. The molecule has 0 saturated heterocycles. The summed E-state index contributed by atoms with van der Waals surface area (Å²) in [6, 6.07) is 14.2. The van der Waals surface area contributed by atoms with Gasteiger partial charge in [0.15, 0.2) is 0 Å². The summed E-state index contributed by atoms with van der Waals surface area (Å²) in [7, 11) is 0. The van der Waals surface area contributed by atoms with Gasteiger partial charge in [0, 0.05) is 17.3 Å². The van der Waals surface area contributed by atoms with Crippen molar-refractivity contribution in [3.8, 4) is 0 Å². The third-order valence-corrected chi connectivity index (χ3v) is 3.71. The fourth-order valence-electron chi connectivity index (χ4n) is 2.39. The van der Waals surface area contributed by atoms with Crippen molar-refractivity contribution in [2.24, 2.45) is 4.99 Å². The first-order chi connectivity index (χ1) is 11.9. The SMILES string of the molecule is CC(=O)NC(=O)c1cc2cc(Cl)ccc2oc1=Nc1cccc(C)c1. The molecule has 0 aliphatic heterocycles. The summed E-state index contributed by atoms with van der Waals surface area (Å²) < 4.78 is 5.80. The highest BCUT2D eigenvalue weighted by atomic mass is 35.5. The van der Waals surface area contributed by atoms with Gasteiger partial charge in [-0.25, -0.2) is 4.99 Å². The molecule has 0 fully saturated rings. The quantitative estimate of drug-likeness (QED) is 0.758. The molecule has 126 valence electrons. The minimum Gasteiger partial charge on any atom is -0.438 e. The van der Waals surface area contributed by atoms with Gasteiger partial charge < -0.3 is 4.42 Å². The molecule has 3 rings (SSSR count). The standard InChI is InChI=1S/C19H15ClN2O3/c1-11-4-3-5-15(8-11)22-19-16(18(24)21-12(2)23)10-13-9-14(20)6-7-17(13)25-19/h3-10H,1-2H3,(H,21,23,24). The molecule has 0 spiro atoms. The molecular formula is C19H15ClN2O3. The lowest BCUT2D eigenvalue weighted by molar-refractivity contribution is -0.118. The van der Waals surface area contributed by atoms with Crippen LogP contribution in [-0.2, 0) is 4.79 Å². The molecule has 25 heavy (non-hydrogen) atoms. The normalized spacial score (nSPS) is 11.6. The third kappa shape index (κ3) is 3.95. The predicted octanol–water partition coefficient (Wildman–Crippen LogP) is 3.90. The summed E-state index contributed by atoms with van der Waals surface area (Å²) in [5.41, 5.74) is 2.50. The summed E-state index contributed by atoms with van der Waals surface area (Å²) in [4.78, 5) is 28.1. The monoisotopic (exact) mass is 354 g/mol. The van der Waals surface area contributed by atoms with E-state index in [9.17, 15) is 9.59 Å². The summed E-state index contributed by atoms with van der Waals surface area (Å²) >= 11 is 6.00. The number of fused-ring (bicyclic) bond motifs is 1. The number of carbonyl (C=O) groups is 2. The maximum atomic E-state index is 12.4. The van der Waals surface area contributed by atoms with Crippen LogP contribution in [0.15, 0.2) is 57.9 Å². The number of aryl methyl sites for hydroxylation is 1. The highest BCUT2D eigenvalue weighted by molar-refractivity contribution is 6.31. The molecule has 0 bridgehead atoms. The molecule has 2 amide bonds. The van der Waals surface area contributed by atoms with Crippen LogP contribution in [0, 0.1) is 6.92 Å². The second-order valence-electron chi connectivity index (χ2n) is 5.61. The van der Waals surface area contributed by atoms with Gasteiger partial charge in [0.25, 0.3) is 5.91 Å². The first-order valence-electron chi connectivity index (χ1n) is 7.59. The van der Waals surface area contributed by atoms with Gasteiger partial charge in [-0.05, 0) is 48.9 Å². The van der Waals surface area contributed by atoms with Crippen LogP contribution in [0.1, 0.15) is 22.8 Å². The smallest absolute Gasteiger partial charge is 0.263 e. The third-order valence-electron chi connectivity index (χ3n) is 3.48. The van der Waals surface area contributed by atoms with Gasteiger partial charge in [-0.15, -0.1) is 0 Å². The van der Waals surface area contributed by atoms with Gasteiger partial charge in [0.1, 0.15) is 11.1 Å². The number of halogens is 1. The highest BCUT2D eigenvalue weighted by Gasteiger charge is 2.14. The van der Waals surface area contributed by atoms with E-state index in [1.165, 1.54) is 6.92 Å². The van der Waals surface area contributed by atoms with E-state index in [0.717, 1.165) is 5.56 Å². The minimum absolute atomic E-state index is 0.124. The van der Waals surface area contributed by atoms with E-state index in [4.69, 9.17) is 16.0 Å². The second kappa shape index (κ2) is 6.91. The molecule has 0 unspecified atom stereocenters. The van der Waals surface area contributed by atoms with Crippen molar-refractivity contribution in [2.75, 3.05) is 0 Å². The Morgan fingerprint density at radius 3 is 2.64 bits per heavy atom. The number of hydrogen-bond donors (Lipinski definition) is 1. The molecule has 0 radical (unpaired) electrons. The van der Waals surface area contributed by atoms with Crippen molar-refractivity contribution in [1.82, 2.24) is 5.32 Å². The van der Waals surface area contributed by atoms with Crippen LogP contribution < -0.4 is 10.9 Å². The maximum absolute atomic E-state index is 12.4. The zero-order valence-corrected chi connectivity index (χ0v) is 14.4. The minimum atomic E-state index is -0.579. The van der Waals surface area contributed by atoms with Crippen LogP contribution in [-0.4, -0.2) is 11.8 Å². The number of nitrogens with one attached hydrogen (secondary N) is 1. The Morgan fingerprint density at radius 1 is 1.12 bits per heavy atom. The zero-order valence-electron chi connectivity index (χ0n) is 13.7. The summed E-state index contributed by atoms with van der Waals surface area (Å²) in [6.07, 6.45) is 0. The zero-order chi connectivity index (χ0) is 18.0. The van der Waals surface area contributed by atoms with E-state index in [1.807, 2.05) is 25.1 Å². The van der Waals surface area contributed by atoms with E-state index in [0.29, 0.717) is 21.7 Å². The molecule has 1 heterocycles. The predicted molar refractivity (Wildman–Crippen MR) is 95.8 cm³/mol. The number of benzene rings is 2. The molecule has 2 aromatic carbocycles. The number of imide groups is 1. The van der Waals surface area contributed by atoms with E-state index < -0.39 is 11.8 Å². The fraction of sp³-hybridized carbons (Fsp3) is 0.105. The lowest BCUT2D eigenvalue weighted by atomic mass is 10.1. The van der Waals surface area contributed by atoms with Gasteiger partial charge in [-0.2, -0.15) is 0 Å². The van der Waals surface area contributed by atoms with Crippen LogP contribution in [0.5, 0.6) is 0 Å². The van der Waals surface area contributed by atoms with Crippen molar-refractivity contribution < 1.29 is 14.0 Å².